The van der Waals surface area contributed by atoms with Crippen molar-refractivity contribution in [2.45, 2.75) is 56.4 Å². The molecule has 5 heteroatoms. The lowest BCUT2D eigenvalue weighted by Crippen LogP contribution is -2.50. The third kappa shape index (κ3) is 2.21. The number of aliphatic hydroxyl groups is 2. The third-order valence-electron chi connectivity index (χ3n) is 3.72. The SMILES string of the molecule is O=C(O)[C@H]1C[C@@H](O)CN1[C@H]1CCCC[C@H]1O. The number of aliphatic carboxylic acids is 1. The molecule has 0 aromatic rings. The van der Waals surface area contributed by atoms with E-state index >= 15 is 0 Å². The molecule has 5 nitrogen and oxygen atoms in total. The topological polar surface area (TPSA) is 81.0 Å². The van der Waals surface area contributed by atoms with Crippen molar-refractivity contribution in [3.8, 4) is 0 Å². The van der Waals surface area contributed by atoms with Crippen LogP contribution in [0, 0.1) is 0 Å². The summed E-state index contributed by atoms with van der Waals surface area (Å²) in [5.74, 6) is -0.894. The number of carboxylic acid groups (broad SMARTS) is 1. The number of carboxylic acids is 1. The van der Waals surface area contributed by atoms with Crippen LogP contribution < -0.4 is 0 Å². The largest absolute Gasteiger partial charge is 0.480 e. The fraction of sp³-hybridized carbons (Fsp3) is 0.909. The minimum Gasteiger partial charge on any atom is -0.480 e. The van der Waals surface area contributed by atoms with Gasteiger partial charge in [0.15, 0.2) is 0 Å². The van der Waals surface area contributed by atoms with E-state index in [9.17, 15) is 15.0 Å². The van der Waals surface area contributed by atoms with Crippen molar-refractivity contribution in [3.63, 3.8) is 0 Å². The van der Waals surface area contributed by atoms with Gasteiger partial charge < -0.3 is 15.3 Å². The van der Waals surface area contributed by atoms with E-state index in [0.717, 1.165) is 25.7 Å². The summed E-state index contributed by atoms with van der Waals surface area (Å²) < 4.78 is 0. The van der Waals surface area contributed by atoms with E-state index in [4.69, 9.17) is 5.11 Å². The second-order valence-corrected chi connectivity index (χ2v) is 4.86. The Hall–Kier alpha value is -0.650. The highest BCUT2D eigenvalue weighted by molar-refractivity contribution is 5.74. The van der Waals surface area contributed by atoms with Crippen LogP contribution in [0.3, 0.4) is 0 Å². The van der Waals surface area contributed by atoms with E-state index in [1.165, 1.54) is 0 Å². The molecule has 1 saturated heterocycles. The molecule has 2 rings (SSSR count). The van der Waals surface area contributed by atoms with Gasteiger partial charge in [-0.25, -0.2) is 0 Å². The minimum atomic E-state index is -0.894. The molecule has 0 amide bonds. The highest BCUT2D eigenvalue weighted by atomic mass is 16.4. The highest BCUT2D eigenvalue weighted by Crippen LogP contribution is 2.29. The van der Waals surface area contributed by atoms with E-state index in [1.807, 2.05) is 0 Å². The predicted octanol–water partition coefficient (Wildman–Crippen LogP) is -0.190. The molecular weight excluding hydrogens is 210 g/mol. The Morgan fingerprint density at radius 3 is 2.50 bits per heavy atom. The molecule has 4 atom stereocenters. The first kappa shape index (κ1) is 11.8. The van der Waals surface area contributed by atoms with Gasteiger partial charge in [0, 0.05) is 19.0 Å². The quantitative estimate of drug-likeness (QED) is 0.611. The standard InChI is InChI=1S/C11H19NO4/c13-7-5-9(11(15)16)12(6-7)8-3-1-2-4-10(8)14/h7-10,13-14H,1-6H2,(H,15,16)/t7-,8+,9-,10-/m1/s1. The third-order valence-corrected chi connectivity index (χ3v) is 3.72. The summed E-state index contributed by atoms with van der Waals surface area (Å²) in [5.41, 5.74) is 0. The Balaban J connectivity index is 2.08. The molecule has 1 heterocycles. The monoisotopic (exact) mass is 229 g/mol. The Labute approximate surface area is 94.7 Å². The molecule has 2 fully saturated rings. The van der Waals surface area contributed by atoms with Crippen molar-refractivity contribution in [1.29, 1.82) is 0 Å². The molecule has 0 unspecified atom stereocenters. The smallest absolute Gasteiger partial charge is 0.321 e. The Morgan fingerprint density at radius 2 is 1.88 bits per heavy atom. The van der Waals surface area contributed by atoms with Crippen LogP contribution in [0.1, 0.15) is 32.1 Å². The number of hydrogen-bond donors (Lipinski definition) is 3. The second-order valence-electron chi connectivity index (χ2n) is 4.86. The number of nitrogens with zero attached hydrogens (tertiary/aromatic N) is 1. The molecule has 3 N–H and O–H groups in total. The minimum absolute atomic E-state index is 0.0907. The van der Waals surface area contributed by atoms with Crippen LogP contribution in [0.4, 0.5) is 0 Å². The lowest BCUT2D eigenvalue weighted by atomic mass is 9.91. The number of likely N-dealkylation sites (tertiary alicyclic amines) is 1. The first-order valence-corrected chi connectivity index (χ1v) is 5.94. The maximum atomic E-state index is 11.1. The molecule has 0 aromatic heterocycles. The van der Waals surface area contributed by atoms with Crippen LogP contribution in [0.25, 0.3) is 0 Å². The molecule has 0 bridgehead atoms. The average Bonchev–Trinajstić information content (AvgIpc) is 2.61. The molecule has 92 valence electrons. The maximum Gasteiger partial charge on any atom is 0.321 e. The fourth-order valence-corrected chi connectivity index (χ4v) is 2.93. The van der Waals surface area contributed by atoms with Crippen LogP contribution in [0.2, 0.25) is 0 Å². The van der Waals surface area contributed by atoms with Gasteiger partial charge in [-0.15, -0.1) is 0 Å². The van der Waals surface area contributed by atoms with Gasteiger partial charge in [-0.2, -0.15) is 0 Å². The Kier molecular flexibility index (Phi) is 3.47. The zero-order valence-corrected chi connectivity index (χ0v) is 9.25. The molecule has 0 radical (unpaired) electrons. The average molecular weight is 229 g/mol. The summed E-state index contributed by atoms with van der Waals surface area (Å²) in [6, 6.07) is -0.722. The van der Waals surface area contributed by atoms with Gasteiger partial charge in [-0.3, -0.25) is 9.69 Å². The number of β-amino-alcohol motifs (C(OH)–C–C–N with tert-alkyl or cyclic N) is 1. The van der Waals surface area contributed by atoms with Crippen LogP contribution in [-0.4, -0.2) is 57.0 Å². The maximum absolute atomic E-state index is 11.1. The lowest BCUT2D eigenvalue weighted by molar-refractivity contribution is -0.144. The highest BCUT2D eigenvalue weighted by Gasteiger charge is 2.42. The number of rotatable bonds is 2. The molecule has 1 saturated carbocycles. The van der Waals surface area contributed by atoms with Crippen LogP contribution in [0.5, 0.6) is 0 Å². The number of hydrogen-bond acceptors (Lipinski definition) is 4. The molecule has 1 aliphatic heterocycles. The number of aliphatic hydroxyl groups excluding tert-OH is 2. The van der Waals surface area contributed by atoms with Gasteiger partial charge in [-0.1, -0.05) is 12.8 Å². The molecule has 2 aliphatic rings. The van der Waals surface area contributed by atoms with Crippen molar-refractivity contribution in [1.82, 2.24) is 4.90 Å². The van der Waals surface area contributed by atoms with E-state index in [2.05, 4.69) is 0 Å². The normalized spacial score (nSPS) is 41.1. The summed E-state index contributed by atoms with van der Waals surface area (Å²) in [5, 5.41) is 28.5. The van der Waals surface area contributed by atoms with Crippen molar-refractivity contribution in [2.75, 3.05) is 6.54 Å². The van der Waals surface area contributed by atoms with E-state index in [-0.39, 0.29) is 12.5 Å². The van der Waals surface area contributed by atoms with E-state index < -0.39 is 24.2 Å². The second kappa shape index (κ2) is 4.69. The summed E-state index contributed by atoms with van der Waals surface area (Å²) >= 11 is 0. The van der Waals surface area contributed by atoms with Crippen molar-refractivity contribution < 1.29 is 20.1 Å². The van der Waals surface area contributed by atoms with Gasteiger partial charge in [0.2, 0.25) is 0 Å². The zero-order chi connectivity index (χ0) is 11.7. The van der Waals surface area contributed by atoms with E-state index in [1.54, 1.807) is 4.90 Å². The summed E-state index contributed by atoms with van der Waals surface area (Å²) in [4.78, 5) is 12.8. The number of carbonyl (C=O) groups is 1. The molecule has 16 heavy (non-hydrogen) atoms. The van der Waals surface area contributed by atoms with Gasteiger partial charge in [0.1, 0.15) is 6.04 Å². The van der Waals surface area contributed by atoms with Crippen molar-refractivity contribution in [2.24, 2.45) is 0 Å². The first-order chi connectivity index (χ1) is 7.59. The van der Waals surface area contributed by atoms with Gasteiger partial charge in [-0.05, 0) is 12.8 Å². The summed E-state index contributed by atoms with van der Waals surface area (Å²) in [6.45, 7) is 0.374. The van der Waals surface area contributed by atoms with Gasteiger partial charge >= 0.3 is 5.97 Å². The molecular formula is C11H19NO4. The molecule has 0 aromatic carbocycles. The molecule has 0 spiro atoms. The first-order valence-electron chi connectivity index (χ1n) is 5.94. The molecule has 1 aliphatic carbocycles. The fourth-order valence-electron chi connectivity index (χ4n) is 2.93. The Bertz CT molecular complexity index is 271. The van der Waals surface area contributed by atoms with E-state index in [0.29, 0.717) is 6.54 Å². The van der Waals surface area contributed by atoms with Crippen LogP contribution >= 0.6 is 0 Å². The van der Waals surface area contributed by atoms with Crippen LogP contribution in [0.15, 0.2) is 0 Å². The van der Waals surface area contributed by atoms with Crippen molar-refractivity contribution >= 4 is 5.97 Å². The van der Waals surface area contributed by atoms with Gasteiger partial charge in [0.25, 0.3) is 0 Å². The predicted molar refractivity (Wildman–Crippen MR) is 57.0 cm³/mol. The van der Waals surface area contributed by atoms with Crippen molar-refractivity contribution in [3.05, 3.63) is 0 Å². The Morgan fingerprint density at radius 1 is 1.19 bits per heavy atom. The van der Waals surface area contributed by atoms with Gasteiger partial charge in [0.05, 0.1) is 12.2 Å². The lowest BCUT2D eigenvalue weighted by Gasteiger charge is -2.37. The summed E-state index contributed by atoms with van der Waals surface area (Å²) in [6.07, 6.45) is 2.86. The van der Waals surface area contributed by atoms with Crippen LogP contribution in [-0.2, 0) is 4.79 Å². The summed E-state index contributed by atoms with van der Waals surface area (Å²) in [7, 11) is 0. The zero-order valence-electron chi connectivity index (χ0n) is 9.25.